The lowest BCUT2D eigenvalue weighted by molar-refractivity contribution is -0.142. The second-order valence-electron chi connectivity index (χ2n) is 6.30. The molecule has 0 bridgehead atoms. The number of nitrogens with one attached hydrogen (secondary N) is 1. The summed E-state index contributed by atoms with van der Waals surface area (Å²) in [4.78, 5) is 44.4. The Kier molecular flexibility index (Phi) is 5.07. The number of hydrogen-bond acceptors (Lipinski definition) is 6. The number of rotatable bonds is 3. The summed E-state index contributed by atoms with van der Waals surface area (Å²) in [7, 11) is 5.01. The van der Waals surface area contributed by atoms with Crippen molar-refractivity contribution in [2.75, 3.05) is 42.9 Å². The minimum atomic E-state index is -0.797. The molecule has 8 nitrogen and oxygen atoms in total. The van der Waals surface area contributed by atoms with E-state index in [4.69, 9.17) is 4.74 Å². The molecule has 27 heavy (non-hydrogen) atoms. The van der Waals surface area contributed by atoms with Gasteiger partial charge in [-0.1, -0.05) is 18.2 Å². The molecule has 1 atom stereocenters. The van der Waals surface area contributed by atoms with Crippen LogP contribution in [0, 0.1) is 0 Å². The summed E-state index contributed by atoms with van der Waals surface area (Å²) in [6.45, 7) is 0.0656. The van der Waals surface area contributed by atoms with Gasteiger partial charge in [-0.25, -0.2) is 4.98 Å². The molecule has 1 N–H and O–H groups in total. The highest BCUT2D eigenvalue weighted by Gasteiger charge is 2.39. The number of ether oxygens (including phenoxy) is 1. The number of fused-ring (bicyclic) bond motifs is 1. The van der Waals surface area contributed by atoms with Crippen LogP contribution in [0.15, 0.2) is 42.6 Å². The van der Waals surface area contributed by atoms with E-state index in [1.807, 2.05) is 19.0 Å². The molecule has 2 heterocycles. The van der Waals surface area contributed by atoms with Crippen LogP contribution in [0.4, 0.5) is 17.2 Å². The zero-order valence-electron chi connectivity index (χ0n) is 15.3. The van der Waals surface area contributed by atoms with Crippen LogP contribution in [0.1, 0.15) is 11.5 Å². The summed E-state index contributed by atoms with van der Waals surface area (Å²) in [6, 6.07) is 10.4. The molecule has 2 aromatic rings. The maximum atomic E-state index is 12.7. The predicted molar refractivity (Wildman–Crippen MR) is 101 cm³/mol. The molecule has 0 saturated carbocycles. The third kappa shape index (κ3) is 3.59. The van der Waals surface area contributed by atoms with Gasteiger partial charge in [0.2, 0.25) is 0 Å². The van der Waals surface area contributed by atoms with Gasteiger partial charge in [0.15, 0.2) is 0 Å². The summed E-state index contributed by atoms with van der Waals surface area (Å²) in [5.41, 5.74) is 1.62. The summed E-state index contributed by atoms with van der Waals surface area (Å²) < 4.78 is 4.82. The van der Waals surface area contributed by atoms with Gasteiger partial charge in [0, 0.05) is 26.3 Å². The number of methoxy groups -OCH3 is 1. The lowest BCUT2D eigenvalue weighted by atomic mass is 10.0. The lowest BCUT2D eigenvalue weighted by Crippen LogP contribution is -2.39. The van der Waals surface area contributed by atoms with Crippen molar-refractivity contribution in [2.24, 2.45) is 0 Å². The molecular weight excluding hydrogens is 348 g/mol. The van der Waals surface area contributed by atoms with Crippen molar-refractivity contribution in [3.63, 3.8) is 0 Å². The molecule has 1 aromatic carbocycles. The van der Waals surface area contributed by atoms with Gasteiger partial charge in [0.1, 0.15) is 11.7 Å². The van der Waals surface area contributed by atoms with E-state index in [2.05, 4.69) is 10.3 Å². The normalized spacial score (nSPS) is 15.1. The number of benzene rings is 1. The smallest absolute Gasteiger partial charge is 0.316 e. The molecule has 1 aliphatic heterocycles. The number of esters is 1. The molecule has 0 spiro atoms. The maximum Gasteiger partial charge on any atom is 0.316 e. The number of nitrogens with zero attached hydrogens (tertiary/aromatic N) is 3. The number of carbonyl (C=O) groups excluding carboxylic acids is 3. The molecule has 2 amide bonds. The molecule has 0 aliphatic carbocycles. The van der Waals surface area contributed by atoms with E-state index >= 15 is 0 Å². The molecule has 1 aliphatic rings. The second-order valence-corrected chi connectivity index (χ2v) is 6.30. The fourth-order valence-corrected chi connectivity index (χ4v) is 2.98. The van der Waals surface area contributed by atoms with Gasteiger partial charge in [-0.15, -0.1) is 0 Å². The Hall–Kier alpha value is -3.42. The van der Waals surface area contributed by atoms with E-state index in [1.54, 1.807) is 36.4 Å². The Labute approximate surface area is 156 Å². The van der Waals surface area contributed by atoms with Gasteiger partial charge >= 0.3 is 17.8 Å². The van der Waals surface area contributed by atoms with Crippen LogP contribution in [0.5, 0.6) is 0 Å². The zero-order valence-corrected chi connectivity index (χ0v) is 15.3. The van der Waals surface area contributed by atoms with Crippen molar-refractivity contribution in [2.45, 2.75) is 5.92 Å². The number of aromatic nitrogens is 1. The topological polar surface area (TPSA) is 91.8 Å². The number of anilines is 3. The van der Waals surface area contributed by atoms with Crippen LogP contribution in [0.3, 0.4) is 0 Å². The summed E-state index contributed by atoms with van der Waals surface area (Å²) in [5, 5.41) is 2.55. The van der Waals surface area contributed by atoms with Crippen molar-refractivity contribution in [1.82, 2.24) is 4.98 Å². The van der Waals surface area contributed by atoms with E-state index in [0.29, 0.717) is 16.9 Å². The minimum absolute atomic E-state index is 0.0656. The molecule has 3 rings (SSSR count). The van der Waals surface area contributed by atoms with Crippen LogP contribution >= 0.6 is 0 Å². The number of hydrogen-bond donors (Lipinski definition) is 1. The molecule has 8 heteroatoms. The van der Waals surface area contributed by atoms with E-state index in [9.17, 15) is 14.4 Å². The van der Waals surface area contributed by atoms with Gasteiger partial charge in [-0.05, 0) is 23.8 Å². The van der Waals surface area contributed by atoms with Crippen molar-refractivity contribution in [1.29, 1.82) is 0 Å². The Morgan fingerprint density at radius 2 is 1.93 bits per heavy atom. The molecule has 0 radical (unpaired) electrons. The van der Waals surface area contributed by atoms with Crippen molar-refractivity contribution < 1.29 is 19.1 Å². The average Bonchev–Trinajstić information content (AvgIpc) is 3.07. The minimum Gasteiger partial charge on any atom is -0.468 e. The summed E-state index contributed by atoms with van der Waals surface area (Å²) in [6.07, 6.45) is 1.48. The van der Waals surface area contributed by atoms with E-state index in [1.165, 1.54) is 18.2 Å². The van der Waals surface area contributed by atoms with Crippen LogP contribution in [-0.2, 0) is 19.1 Å². The predicted octanol–water partition coefficient (Wildman–Crippen LogP) is 1.39. The van der Waals surface area contributed by atoms with Gasteiger partial charge in [0.25, 0.3) is 0 Å². The number of carbonyl (C=O) groups is 3. The summed E-state index contributed by atoms with van der Waals surface area (Å²) >= 11 is 0. The molecule has 1 aromatic heterocycles. The van der Waals surface area contributed by atoms with E-state index in [0.717, 1.165) is 5.82 Å². The maximum absolute atomic E-state index is 12.7. The van der Waals surface area contributed by atoms with E-state index in [-0.39, 0.29) is 6.54 Å². The van der Waals surface area contributed by atoms with Crippen LogP contribution in [0.25, 0.3) is 0 Å². The van der Waals surface area contributed by atoms with Crippen molar-refractivity contribution in [3.8, 4) is 0 Å². The second kappa shape index (κ2) is 7.45. The molecule has 0 fully saturated rings. The SMILES string of the molecule is COC(=O)[C@@H]1CN(C(=O)C(=O)Nc2ccc(N(C)C)nc2)c2ccccc21. The molecular formula is C19H20N4O4. The van der Waals surface area contributed by atoms with Gasteiger partial charge in [-0.3, -0.25) is 14.4 Å². The van der Waals surface area contributed by atoms with Gasteiger partial charge < -0.3 is 19.9 Å². The molecule has 140 valence electrons. The highest BCUT2D eigenvalue weighted by molar-refractivity contribution is 6.44. The number of para-hydroxylation sites is 1. The fraction of sp³-hybridized carbons (Fsp3) is 0.263. The van der Waals surface area contributed by atoms with Gasteiger partial charge in [0.05, 0.1) is 19.0 Å². The molecule has 0 unspecified atom stereocenters. The quantitative estimate of drug-likeness (QED) is 0.650. The van der Waals surface area contributed by atoms with Gasteiger partial charge in [-0.2, -0.15) is 0 Å². The first kappa shape index (κ1) is 18.4. The molecule has 0 saturated heterocycles. The first-order valence-electron chi connectivity index (χ1n) is 8.35. The third-order valence-corrected chi connectivity index (χ3v) is 4.36. The highest BCUT2D eigenvalue weighted by Crippen LogP contribution is 2.36. The monoisotopic (exact) mass is 368 g/mol. The zero-order chi connectivity index (χ0) is 19.6. The van der Waals surface area contributed by atoms with Crippen molar-refractivity contribution >= 4 is 35.0 Å². The Bertz CT molecular complexity index is 880. The van der Waals surface area contributed by atoms with Crippen LogP contribution in [-0.4, -0.2) is 50.5 Å². The standard InChI is InChI=1S/C19H20N4O4/c1-22(2)16-9-8-12(10-20-16)21-17(24)18(25)23-11-14(19(26)27-3)13-6-4-5-7-15(13)23/h4-10,14H,11H2,1-3H3,(H,21,24)/t14-/m1/s1. The summed E-state index contributed by atoms with van der Waals surface area (Å²) in [5.74, 6) is -1.86. The fourth-order valence-electron chi connectivity index (χ4n) is 2.98. The lowest BCUT2D eigenvalue weighted by Gasteiger charge is -2.17. The average molecular weight is 368 g/mol. The first-order chi connectivity index (χ1) is 12.9. The van der Waals surface area contributed by atoms with E-state index < -0.39 is 23.7 Å². The number of amides is 2. The first-order valence-corrected chi connectivity index (χ1v) is 8.35. The Balaban J connectivity index is 1.77. The third-order valence-electron chi connectivity index (χ3n) is 4.36. The van der Waals surface area contributed by atoms with Crippen LogP contribution < -0.4 is 15.1 Å². The van der Waals surface area contributed by atoms with Crippen LogP contribution in [0.2, 0.25) is 0 Å². The van der Waals surface area contributed by atoms with Crippen molar-refractivity contribution in [3.05, 3.63) is 48.2 Å². The highest BCUT2D eigenvalue weighted by atomic mass is 16.5. The Morgan fingerprint density at radius 1 is 1.19 bits per heavy atom. The largest absolute Gasteiger partial charge is 0.468 e. The number of pyridine rings is 1. The Morgan fingerprint density at radius 3 is 2.56 bits per heavy atom.